The van der Waals surface area contributed by atoms with Gasteiger partial charge < -0.3 is 15.0 Å². The first kappa shape index (κ1) is 19.4. The highest BCUT2D eigenvalue weighted by Gasteiger charge is 2.21. The number of carbonyl (C=O) groups excluding carboxylic acids is 1. The van der Waals surface area contributed by atoms with E-state index in [1.54, 1.807) is 0 Å². The Kier molecular flexibility index (Phi) is 13.0. The van der Waals surface area contributed by atoms with Crippen molar-refractivity contribution in [2.45, 2.75) is 65.8 Å². The molecule has 0 aliphatic heterocycles. The van der Waals surface area contributed by atoms with Crippen molar-refractivity contribution in [3.8, 4) is 0 Å². The van der Waals surface area contributed by atoms with E-state index < -0.39 is 0 Å². The number of hydrogen-bond acceptors (Lipinski definition) is 4. The van der Waals surface area contributed by atoms with E-state index in [-0.39, 0.29) is 12.0 Å². The third-order valence-corrected chi connectivity index (χ3v) is 3.31. The maximum absolute atomic E-state index is 12.0. The predicted octanol–water partition coefficient (Wildman–Crippen LogP) is 2.82. The number of esters is 1. The molecular formula is C16H34N2O2. The van der Waals surface area contributed by atoms with Crippen LogP contribution in [-0.4, -0.2) is 49.7 Å². The first-order valence-electron chi connectivity index (χ1n) is 8.31. The van der Waals surface area contributed by atoms with E-state index >= 15 is 0 Å². The Morgan fingerprint density at radius 1 is 1.05 bits per heavy atom. The first-order chi connectivity index (χ1) is 9.69. The van der Waals surface area contributed by atoms with Gasteiger partial charge in [0.05, 0.1) is 6.61 Å². The molecule has 0 aromatic carbocycles. The van der Waals surface area contributed by atoms with E-state index in [0.29, 0.717) is 6.61 Å². The Labute approximate surface area is 125 Å². The molecular weight excluding hydrogens is 252 g/mol. The standard InChI is InChI=1S/C16H34N2O2/c1-5-9-12-18(13-10-6-2)14-15(17-11-7-3)16(19)20-8-4/h15,17H,5-14H2,1-4H3. The van der Waals surface area contributed by atoms with Gasteiger partial charge in [0.2, 0.25) is 0 Å². The van der Waals surface area contributed by atoms with Crippen molar-refractivity contribution in [2.24, 2.45) is 0 Å². The molecule has 0 aliphatic rings. The molecule has 0 aliphatic carbocycles. The third kappa shape index (κ3) is 9.32. The largest absolute Gasteiger partial charge is 0.465 e. The molecule has 1 N–H and O–H groups in total. The minimum absolute atomic E-state index is 0.112. The van der Waals surface area contributed by atoms with Crippen LogP contribution in [-0.2, 0) is 9.53 Å². The van der Waals surface area contributed by atoms with E-state index in [2.05, 4.69) is 31.0 Å². The monoisotopic (exact) mass is 286 g/mol. The zero-order valence-electron chi connectivity index (χ0n) is 13.9. The van der Waals surface area contributed by atoms with Gasteiger partial charge in [-0.3, -0.25) is 4.79 Å². The lowest BCUT2D eigenvalue weighted by Gasteiger charge is -2.27. The Morgan fingerprint density at radius 3 is 2.10 bits per heavy atom. The van der Waals surface area contributed by atoms with Crippen molar-refractivity contribution in [1.82, 2.24) is 10.2 Å². The summed E-state index contributed by atoms with van der Waals surface area (Å²) in [5.74, 6) is -0.112. The number of nitrogens with one attached hydrogen (secondary N) is 1. The van der Waals surface area contributed by atoms with Gasteiger partial charge in [0.25, 0.3) is 0 Å². The molecule has 4 nitrogen and oxygen atoms in total. The molecule has 20 heavy (non-hydrogen) atoms. The van der Waals surface area contributed by atoms with Crippen molar-refractivity contribution in [1.29, 1.82) is 0 Å². The molecule has 1 unspecified atom stereocenters. The fraction of sp³-hybridized carbons (Fsp3) is 0.938. The molecule has 1 atom stereocenters. The molecule has 0 saturated carbocycles. The highest BCUT2D eigenvalue weighted by Crippen LogP contribution is 2.02. The summed E-state index contributed by atoms with van der Waals surface area (Å²) < 4.78 is 5.18. The lowest BCUT2D eigenvalue weighted by Crippen LogP contribution is -2.47. The maximum Gasteiger partial charge on any atom is 0.324 e. The summed E-state index contributed by atoms with van der Waals surface area (Å²) in [7, 11) is 0. The topological polar surface area (TPSA) is 41.6 Å². The van der Waals surface area contributed by atoms with Crippen LogP contribution in [0.4, 0.5) is 0 Å². The van der Waals surface area contributed by atoms with Crippen LogP contribution in [0.3, 0.4) is 0 Å². The van der Waals surface area contributed by atoms with Crippen LogP contribution in [0, 0.1) is 0 Å². The Morgan fingerprint density at radius 2 is 1.65 bits per heavy atom. The molecule has 0 heterocycles. The molecule has 0 rings (SSSR count). The van der Waals surface area contributed by atoms with Gasteiger partial charge >= 0.3 is 5.97 Å². The quantitative estimate of drug-likeness (QED) is 0.529. The minimum Gasteiger partial charge on any atom is -0.465 e. The van der Waals surface area contributed by atoms with Gasteiger partial charge in [-0.15, -0.1) is 0 Å². The SMILES string of the molecule is CCCCN(CCCC)CC(NCCC)C(=O)OCC. The van der Waals surface area contributed by atoms with Crippen molar-refractivity contribution >= 4 is 5.97 Å². The van der Waals surface area contributed by atoms with Crippen molar-refractivity contribution in [3.63, 3.8) is 0 Å². The summed E-state index contributed by atoms with van der Waals surface area (Å²) in [5, 5.41) is 3.32. The second-order valence-corrected chi connectivity index (χ2v) is 5.27. The number of nitrogens with zero attached hydrogens (tertiary/aromatic N) is 1. The second kappa shape index (κ2) is 13.4. The molecule has 0 aromatic heterocycles. The minimum atomic E-state index is -0.191. The average molecular weight is 286 g/mol. The molecule has 0 saturated heterocycles. The van der Waals surface area contributed by atoms with Crippen LogP contribution in [0.25, 0.3) is 0 Å². The number of carbonyl (C=O) groups is 1. The van der Waals surface area contributed by atoms with E-state index in [1.165, 1.54) is 25.7 Å². The molecule has 0 bridgehead atoms. The zero-order chi connectivity index (χ0) is 15.2. The van der Waals surface area contributed by atoms with Gasteiger partial charge in [-0.05, 0) is 45.8 Å². The zero-order valence-corrected chi connectivity index (χ0v) is 13.9. The molecule has 0 radical (unpaired) electrons. The molecule has 120 valence electrons. The van der Waals surface area contributed by atoms with Crippen LogP contribution < -0.4 is 5.32 Å². The number of unbranched alkanes of at least 4 members (excludes halogenated alkanes) is 2. The summed E-state index contributed by atoms with van der Waals surface area (Å²) in [6.45, 7) is 12.6. The maximum atomic E-state index is 12.0. The summed E-state index contributed by atoms with van der Waals surface area (Å²) in [6, 6.07) is -0.191. The lowest BCUT2D eigenvalue weighted by molar-refractivity contribution is -0.146. The van der Waals surface area contributed by atoms with E-state index in [4.69, 9.17) is 4.74 Å². The highest BCUT2D eigenvalue weighted by molar-refractivity contribution is 5.76. The average Bonchev–Trinajstić information content (AvgIpc) is 2.45. The number of ether oxygens (including phenoxy) is 1. The van der Waals surface area contributed by atoms with Crippen LogP contribution in [0.2, 0.25) is 0 Å². The Hall–Kier alpha value is -0.610. The third-order valence-electron chi connectivity index (χ3n) is 3.31. The second-order valence-electron chi connectivity index (χ2n) is 5.27. The van der Waals surface area contributed by atoms with E-state index in [0.717, 1.165) is 32.6 Å². The van der Waals surface area contributed by atoms with Gasteiger partial charge in [-0.2, -0.15) is 0 Å². The van der Waals surface area contributed by atoms with Gasteiger partial charge in [0.15, 0.2) is 0 Å². The van der Waals surface area contributed by atoms with E-state index in [1.807, 2.05) is 6.92 Å². The van der Waals surface area contributed by atoms with Crippen LogP contribution in [0.1, 0.15) is 59.8 Å². The molecule has 0 aromatic rings. The summed E-state index contributed by atoms with van der Waals surface area (Å²) in [6.07, 6.45) is 5.78. The van der Waals surface area contributed by atoms with Gasteiger partial charge in [-0.25, -0.2) is 0 Å². The van der Waals surface area contributed by atoms with Crippen LogP contribution in [0.15, 0.2) is 0 Å². The van der Waals surface area contributed by atoms with E-state index in [9.17, 15) is 4.79 Å². The summed E-state index contributed by atoms with van der Waals surface area (Å²) >= 11 is 0. The van der Waals surface area contributed by atoms with Crippen LogP contribution in [0.5, 0.6) is 0 Å². The normalized spacial score (nSPS) is 12.7. The fourth-order valence-corrected chi connectivity index (χ4v) is 2.10. The van der Waals surface area contributed by atoms with Gasteiger partial charge in [0.1, 0.15) is 6.04 Å². The molecule has 0 fully saturated rings. The number of rotatable bonds is 13. The van der Waals surface area contributed by atoms with Crippen molar-refractivity contribution in [2.75, 3.05) is 32.8 Å². The number of hydrogen-bond donors (Lipinski definition) is 1. The van der Waals surface area contributed by atoms with Crippen LogP contribution >= 0.6 is 0 Å². The van der Waals surface area contributed by atoms with Gasteiger partial charge in [0, 0.05) is 6.54 Å². The summed E-state index contributed by atoms with van der Waals surface area (Å²) in [4.78, 5) is 14.4. The first-order valence-corrected chi connectivity index (χ1v) is 8.31. The highest BCUT2D eigenvalue weighted by atomic mass is 16.5. The Bertz CT molecular complexity index is 227. The molecule has 0 spiro atoms. The predicted molar refractivity (Wildman–Crippen MR) is 85.0 cm³/mol. The molecule has 4 heteroatoms. The summed E-state index contributed by atoms with van der Waals surface area (Å²) in [5.41, 5.74) is 0. The molecule has 0 amide bonds. The van der Waals surface area contributed by atoms with Crippen molar-refractivity contribution < 1.29 is 9.53 Å². The smallest absolute Gasteiger partial charge is 0.324 e. The Balaban J connectivity index is 4.45. The fourth-order valence-electron chi connectivity index (χ4n) is 2.10. The lowest BCUT2D eigenvalue weighted by atomic mass is 10.2. The van der Waals surface area contributed by atoms with Gasteiger partial charge in [-0.1, -0.05) is 33.6 Å². The van der Waals surface area contributed by atoms with Crippen molar-refractivity contribution in [3.05, 3.63) is 0 Å².